The summed E-state index contributed by atoms with van der Waals surface area (Å²) in [5.41, 5.74) is 0. The van der Waals surface area contributed by atoms with Gasteiger partial charge in [0.25, 0.3) is 0 Å². The van der Waals surface area contributed by atoms with Gasteiger partial charge in [-0.3, -0.25) is 0 Å². The molecule has 0 heterocycles. The van der Waals surface area contributed by atoms with Crippen molar-refractivity contribution in [1.82, 2.24) is 4.90 Å². The third-order valence-electron chi connectivity index (χ3n) is 1.02. The van der Waals surface area contributed by atoms with E-state index in [1.165, 1.54) is 0 Å². The Balaban J connectivity index is 2.83. The highest BCUT2D eigenvalue weighted by Crippen LogP contribution is 1.80. The molecule has 0 N–H and O–H groups in total. The molecule has 0 aliphatic carbocycles. The summed E-state index contributed by atoms with van der Waals surface area (Å²) in [7, 11) is 2.09. The molecule has 0 spiro atoms. The zero-order valence-corrected chi connectivity index (χ0v) is 5.91. The Labute approximate surface area is 51.1 Å². The first-order chi connectivity index (χ1) is 3.31. The van der Waals surface area contributed by atoms with Crippen molar-refractivity contribution < 1.29 is 0 Å². The third kappa shape index (κ3) is 4.16. The standard InChI is InChI=1S/C5H13NS/c1-3-6(2)4-5-7/h7H,3-5H2,1-2H3. The summed E-state index contributed by atoms with van der Waals surface area (Å²) in [6.07, 6.45) is 0. The second-order valence-corrected chi connectivity index (χ2v) is 2.07. The quantitative estimate of drug-likeness (QED) is 0.539. The molecule has 0 radical (unpaired) electrons. The van der Waals surface area contributed by atoms with Crippen LogP contribution in [0.1, 0.15) is 6.92 Å². The first-order valence-electron chi connectivity index (χ1n) is 2.60. The van der Waals surface area contributed by atoms with E-state index in [0.29, 0.717) is 0 Å². The van der Waals surface area contributed by atoms with E-state index in [1.54, 1.807) is 0 Å². The Morgan fingerprint density at radius 2 is 2.14 bits per heavy atom. The summed E-state index contributed by atoms with van der Waals surface area (Å²) in [4.78, 5) is 2.23. The minimum absolute atomic E-state index is 0.963. The molecule has 0 aliphatic heterocycles. The number of rotatable bonds is 3. The van der Waals surface area contributed by atoms with E-state index in [1.807, 2.05) is 0 Å². The predicted octanol–water partition coefficient (Wildman–Crippen LogP) is 0.868. The fraction of sp³-hybridized carbons (Fsp3) is 1.00. The summed E-state index contributed by atoms with van der Waals surface area (Å²) < 4.78 is 0. The Morgan fingerprint density at radius 3 is 2.29 bits per heavy atom. The monoisotopic (exact) mass is 119 g/mol. The summed E-state index contributed by atoms with van der Waals surface area (Å²) in [5, 5.41) is 0. The van der Waals surface area contributed by atoms with Crippen LogP contribution in [0.25, 0.3) is 0 Å². The SMILES string of the molecule is CCN(C)CCS. The Morgan fingerprint density at radius 1 is 1.57 bits per heavy atom. The van der Waals surface area contributed by atoms with Crippen LogP contribution in [0.15, 0.2) is 0 Å². The maximum Gasteiger partial charge on any atom is 0.00667 e. The first-order valence-corrected chi connectivity index (χ1v) is 3.24. The second-order valence-electron chi connectivity index (χ2n) is 1.62. The maximum absolute atomic E-state index is 4.07. The van der Waals surface area contributed by atoms with Gasteiger partial charge in [0, 0.05) is 12.3 Å². The Kier molecular flexibility index (Phi) is 4.67. The van der Waals surface area contributed by atoms with E-state index in [0.717, 1.165) is 18.8 Å². The molecule has 0 aromatic heterocycles. The van der Waals surface area contributed by atoms with Crippen LogP contribution in [0.5, 0.6) is 0 Å². The molecule has 0 bridgehead atoms. The van der Waals surface area contributed by atoms with Crippen molar-refractivity contribution in [2.75, 3.05) is 25.9 Å². The summed E-state index contributed by atoms with van der Waals surface area (Å²) in [6, 6.07) is 0. The molecule has 0 aliphatic rings. The number of hydrogen-bond donors (Lipinski definition) is 1. The minimum atomic E-state index is 0.963. The fourth-order valence-corrected chi connectivity index (χ4v) is 0.670. The van der Waals surface area contributed by atoms with E-state index in [9.17, 15) is 0 Å². The van der Waals surface area contributed by atoms with Crippen molar-refractivity contribution in [3.8, 4) is 0 Å². The van der Waals surface area contributed by atoms with Crippen molar-refractivity contribution in [2.45, 2.75) is 6.92 Å². The van der Waals surface area contributed by atoms with Gasteiger partial charge < -0.3 is 4.90 Å². The lowest BCUT2D eigenvalue weighted by atomic mass is 10.6. The first kappa shape index (κ1) is 7.31. The molecule has 0 fully saturated rings. The highest BCUT2D eigenvalue weighted by Gasteiger charge is 1.86. The molecular weight excluding hydrogens is 106 g/mol. The maximum atomic E-state index is 4.07. The summed E-state index contributed by atoms with van der Waals surface area (Å²) >= 11 is 4.07. The largest absolute Gasteiger partial charge is 0.306 e. The molecule has 0 aromatic rings. The van der Waals surface area contributed by atoms with Crippen LogP contribution in [-0.4, -0.2) is 30.8 Å². The van der Waals surface area contributed by atoms with Crippen molar-refractivity contribution in [3.63, 3.8) is 0 Å². The van der Waals surface area contributed by atoms with Crippen molar-refractivity contribution in [3.05, 3.63) is 0 Å². The molecule has 2 heteroatoms. The van der Waals surface area contributed by atoms with Gasteiger partial charge in [-0.2, -0.15) is 12.6 Å². The van der Waals surface area contributed by atoms with Gasteiger partial charge in [0.2, 0.25) is 0 Å². The normalized spacial score (nSPS) is 10.3. The van der Waals surface area contributed by atoms with Crippen molar-refractivity contribution in [1.29, 1.82) is 0 Å². The van der Waals surface area contributed by atoms with Gasteiger partial charge in [-0.05, 0) is 13.6 Å². The van der Waals surface area contributed by atoms with Crippen LogP contribution in [0, 0.1) is 0 Å². The lowest BCUT2D eigenvalue weighted by Gasteiger charge is -2.09. The highest BCUT2D eigenvalue weighted by atomic mass is 32.1. The van der Waals surface area contributed by atoms with Gasteiger partial charge >= 0.3 is 0 Å². The van der Waals surface area contributed by atoms with E-state index >= 15 is 0 Å². The van der Waals surface area contributed by atoms with Gasteiger partial charge in [0.15, 0.2) is 0 Å². The van der Waals surface area contributed by atoms with Crippen molar-refractivity contribution in [2.24, 2.45) is 0 Å². The summed E-state index contributed by atoms with van der Waals surface area (Å²) in [5.74, 6) is 0.963. The fourth-order valence-electron chi connectivity index (χ4n) is 0.329. The molecule has 1 nitrogen and oxygen atoms in total. The molecule has 0 saturated heterocycles. The lowest BCUT2D eigenvalue weighted by molar-refractivity contribution is 0.377. The number of thiol groups is 1. The molecule has 0 atom stereocenters. The van der Waals surface area contributed by atoms with Crippen LogP contribution < -0.4 is 0 Å². The van der Waals surface area contributed by atoms with Gasteiger partial charge in [0.05, 0.1) is 0 Å². The van der Waals surface area contributed by atoms with Crippen LogP contribution in [0.2, 0.25) is 0 Å². The molecule has 7 heavy (non-hydrogen) atoms. The molecule has 0 rings (SSSR count). The van der Waals surface area contributed by atoms with Crippen LogP contribution in [0.4, 0.5) is 0 Å². The number of nitrogens with zero attached hydrogens (tertiary/aromatic N) is 1. The average molecular weight is 119 g/mol. The van der Waals surface area contributed by atoms with E-state index in [4.69, 9.17) is 0 Å². The van der Waals surface area contributed by atoms with Gasteiger partial charge in [0.1, 0.15) is 0 Å². The molecule has 0 unspecified atom stereocenters. The zero-order chi connectivity index (χ0) is 5.70. The molecule has 44 valence electrons. The molecule has 0 amide bonds. The predicted molar refractivity (Wildman–Crippen MR) is 37.0 cm³/mol. The summed E-state index contributed by atoms with van der Waals surface area (Å²) in [6.45, 7) is 4.36. The average Bonchev–Trinajstić information content (AvgIpc) is 1.68. The van der Waals surface area contributed by atoms with Crippen molar-refractivity contribution >= 4 is 12.6 Å². The van der Waals surface area contributed by atoms with E-state index in [-0.39, 0.29) is 0 Å². The molecule has 0 aromatic carbocycles. The minimum Gasteiger partial charge on any atom is -0.306 e. The van der Waals surface area contributed by atoms with E-state index in [2.05, 4.69) is 31.5 Å². The zero-order valence-electron chi connectivity index (χ0n) is 5.02. The van der Waals surface area contributed by atoms with Gasteiger partial charge in [-0.15, -0.1) is 0 Å². The lowest BCUT2D eigenvalue weighted by Crippen LogP contribution is -2.19. The van der Waals surface area contributed by atoms with Crippen LogP contribution in [0.3, 0.4) is 0 Å². The van der Waals surface area contributed by atoms with Gasteiger partial charge in [-0.25, -0.2) is 0 Å². The molecular formula is C5H13NS. The number of hydrogen-bond acceptors (Lipinski definition) is 2. The highest BCUT2D eigenvalue weighted by molar-refractivity contribution is 7.80. The Bertz CT molecular complexity index is 39.1. The van der Waals surface area contributed by atoms with Crippen LogP contribution in [-0.2, 0) is 0 Å². The second kappa shape index (κ2) is 4.47. The van der Waals surface area contributed by atoms with Gasteiger partial charge in [-0.1, -0.05) is 6.92 Å². The third-order valence-corrected chi connectivity index (χ3v) is 1.22. The smallest absolute Gasteiger partial charge is 0.00667 e. The molecule has 0 saturated carbocycles. The van der Waals surface area contributed by atoms with Crippen LogP contribution >= 0.6 is 12.6 Å². The Hall–Kier alpha value is 0.310. The van der Waals surface area contributed by atoms with E-state index < -0.39 is 0 Å². The topological polar surface area (TPSA) is 3.24 Å².